The monoisotopic (exact) mass is 229 g/mol. The minimum Gasteiger partial charge on any atom is -0.385 e. The molecule has 1 saturated heterocycles. The number of nitrogens with one attached hydrogen (secondary N) is 1. The zero-order chi connectivity index (χ0) is 12.0. The first-order chi connectivity index (χ1) is 7.65. The third-order valence-electron chi connectivity index (χ3n) is 2.53. The van der Waals surface area contributed by atoms with Gasteiger partial charge in [-0.1, -0.05) is 0 Å². The Kier molecular flexibility index (Phi) is 5.21. The molecule has 1 unspecified atom stereocenters. The van der Waals surface area contributed by atoms with E-state index in [1.165, 1.54) is 4.90 Å². The normalized spacial score (nSPS) is 18.1. The topological polar surface area (TPSA) is 84.7 Å². The van der Waals surface area contributed by atoms with Gasteiger partial charge < -0.3 is 20.7 Å². The summed E-state index contributed by atoms with van der Waals surface area (Å²) in [5.41, 5.74) is 5.76. The lowest BCUT2D eigenvalue weighted by atomic mass is 10.1. The molecule has 6 heteroatoms. The van der Waals surface area contributed by atoms with Gasteiger partial charge in [0.15, 0.2) is 0 Å². The Morgan fingerprint density at radius 3 is 3.06 bits per heavy atom. The highest BCUT2D eigenvalue weighted by molar-refractivity contribution is 5.88. The van der Waals surface area contributed by atoms with Gasteiger partial charge in [-0.3, -0.25) is 9.59 Å². The van der Waals surface area contributed by atoms with E-state index in [2.05, 4.69) is 5.32 Å². The van der Waals surface area contributed by atoms with Crippen molar-refractivity contribution in [2.75, 3.05) is 33.4 Å². The summed E-state index contributed by atoms with van der Waals surface area (Å²) in [4.78, 5) is 24.4. The number of hydrogen-bond donors (Lipinski definition) is 2. The minimum absolute atomic E-state index is 0.122. The van der Waals surface area contributed by atoms with Crippen molar-refractivity contribution in [3.63, 3.8) is 0 Å². The lowest BCUT2D eigenvalue weighted by Gasteiger charge is -2.28. The third kappa shape index (κ3) is 3.79. The van der Waals surface area contributed by atoms with Gasteiger partial charge in [-0.25, -0.2) is 0 Å². The smallest absolute Gasteiger partial charge is 0.240 e. The van der Waals surface area contributed by atoms with Gasteiger partial charge in [0, 0.05) is 26.8 Å². The van der Waals surface area contributed by atoms with Crippen molar-refractivity contribution in [2.45, 2.75) is 18.9 Å². The molecule has 0 saturated carbocycles. The largest absolute Gasteiger partial charge is 0.385 e. The number of ether oxygens (including phenoxy) is 1. The fourth-order valence-corrected chi connectivity index (χ4v) is 1.63. The van der Waals surface area contributed by atoms with E-state index in [0.717, 1.165) is 6.42 Å². The Morgan fingerprint density at radius 1 is 1.69 bits per heavy atom. The summed E-state index contributed by atoms with van der Waals surface area (Å²) in [7, 11) is 1.61. The van der Waals surface area contributed by atoms with Crippen molar-refractivity contribution in [1.82, 2.24) is 10.2 Å². The van der Waals surface area contributed by atoms with E-state index >= 15 is 0 Å². The Labute approximate surface area is 95.1 Å². The lowest BCUT2D eigenvalue weighted by molar-refractivity contribution is -0.139. The molecule has 0 spiro atoms. The molecule has 92 valence electrons. The summed E-state index contributed by atoms with van der Waals surface area (Å²) in [5, 5.41) is 2.66. The Hall–Kier alpha value is -1.14. The Morgan fingerprint density at radius 2 is 2.44 bits per heavy atom. The van der Waals surface area contributed by atoms with Crippen molar-refractivity contribution in [1.29, 1.82) is 0 Å². The van der Waals surface area contributed by atoms with Crippen LogP contribution in [0.5, 0.6) is 0 Å². The number of amides is 2. The van der Waals surface area contributed by atoms with E-state index in [4.69, 9.17) is 10.5 Å². The van der Waals surface area contributed by atoms with Crippen LogP contribution < -0.4 is 11.1 Å². The molecule has 1 aliphatic heterocycles. The highest BCUT2D eigenvalue weighted by Crippen LogP contribution is 2.02. The molecule has 1 fully saturated rings. The highest BCUT2D eigenvalue weighted by atomic mass is 16.5. The van der Waals surface area contributed by atoms with E-state index in [9.17, 15) is 9.59 Å². The first kappa shape index (κ1) is 12.9. The second-order valence-corrected chi connectivity index (χ2v) is 3.85. The maximum absolute atomic E-state index is 11.8. The molecular formula is C10H19N3O3. The summed E-state index contributed by atoms with van der Waals surface area (Å²) >= 11 is 0. The van der Waals surface area contributed by atoms with Crippen LogP contribution in [0.3, 0.4) is 0 Å². The first-order valence-electron chi connectivity index (χ1n) is 5.45. The molecule has 3 N–H and O–H groups in total. The number of nitrogens with two attached hydrogens (primary N) is 1. The van der Waals surface area contributed by atoms with E-state index in [1.807, 2.05) is 0 Å². The summed E-state index contributed by atoms with van der Waals surface area (Å²) in [6.07, 6.45) is 1.34. The molecule has 6 nitrogen and oxygen atoms in total. The van der Waals surface area contributed by atoms with E-state index < -0.39 is 6.04 Å². The summed E-state index contributed by atoms with van der Waals surface area (Å²) in [6.45, 7) is 1.77. The van der Waals surface area contributed by atoms with Crippen molar-refractivity contribution in [3.05, 3.63) is 0 Å². The van der Waals surface area contributed by atoms with Crippen molar-refractivity contribution in [2.24, 2.45) is 5.73 Å². The molecule has 1 atom stereocenters. The summed E-state index contributed by atoms with van der Waals surface area (Å²) in [5.74, 6) is -0.269. The average molecular weight is 229 g/mol. The van der Waals surface area contributed by atoms with E-state index in [0.29, 0.717) is 26.1 Å². The molecule has 0 aromatic rings. The molecule has 16 heavy (non-hydrogen) atoms. The molecule has 0 radical (unpaired) electrons. The molecule has 1 rings (SSSR count). The maximum Gasteiger partial charge on any atom is 0.240 e. The number of piperazine rings is 1. The van der Waals surface area contributed by atoms with Gasteiger partial charge in [0.2, 0.25) is 11.8 Å². The van der Waals surface area contributed by atoms with E-state index in [1.54, 1.807) is 7.11 Å². The number of carbonyl (C=O) groups excluding carboxylic acids is 2. The van der Waals surface area contributed by atoms with Crippen LogP contribution in [0.2, 0.25) is 0 Å². The highest BCUT2D eigenvalue weighted by Gasteiger charge is 2.25. The summed E-state index contributed by atoms with van der Waals surface area (Å²) in [6, 6.07) is -0.527. The molecule has 0 bridgehead atoms. The first-order valence-corrected chi connectivity index (χ1v) is 5.45. The van der Waals surface area contributed by atoms with Crippen LogP contribution in [0.4, 0.5) is 0 Å². The predicted molar refractivity (Wildman–Crippen MR) is 58.7 cm³/mol. The molecule has 1 heterocycles. The molecule has 0 aromatic heterocycles. The number of carbonyl (C=O) groups is 2. The molecule has 0 aromatic carbocycles. The van der Waals surface area contributed by atoms with Gasteiger partial charge in [-0.15, -0.1) is 0 Å². The van der Waals surface area contributed by atoms with Crippen LogP contribution >= 0.6 is 0 Å². The fraction of sp³-hybridized carbons (Fsp3) is 0.800. The molecule has 0 aliphatic carbocycles. The zero-order valence-corrected chi connectivity index (χ0v) is 9.57. The molecular weight excluding hydrogens is 210 g/mol. The molecule has 1 aliphatic rings. The van der Waals surface area contributed by atoms with E-state index in [-0.39, 0.29) is 18.4 Å². The Balaban J connectivity index is 2.34. The second kappa shape index (κ2) is 6.44. The van der Waals surface area contributed by atoms with Crippen molar-refractivity contribution in [3.8, 4) is 0 Å². The van der Waals surface area contributed by atoms with Crippen LogP contribution in [-0.2, 0) is 14.3 Å². The predicted octanol–water partition coefficient (Wildman–Crippen LogP) is -1.30. The van der Waals surface area contributed by atoms with Gasteiger partial charge in [0.25, 0.3) is 0 Å². The summed E-state index contributed by atoms with van der Waals surface area (Å²) < 4.78 is 4.89. The van der Waals surface area contributed by atoms with Crippen molar-refractivity contribution < 1.29 is 14.3 Å². The van der Waals surface area contributed by atoms with Crippen LogP contribution in [0.25, 0.3) is 0 Å². The number of methoxy groups -OCH3 is 1. The van der Waals surface area contributed by atoms with Crippen molar-refractivity contribution >= 4 is 11.8 Å². The van der Waals surface area contributed by atoms with Gasteiger partial charge in [-0.2, -0.15) is 0 Å². The van der Waals surface area contributed by atoms with Gasteiger partial charge in [-0.05, 0) is 12.8 Å². The van der Waals surface area contributed by atoms with Gasteiger partial charge in [0.1, 0.15) is 0 Å². The van der Waals surface area contributed by atoms with Gasteiger partial charge >= 0.3 is 0 Å². The second-order valence-electron chi connectivity index (χ2n) is 3.85. The van der Waals surface area contributed by atoms with Crippen LogP contribution in [0, 0.1) is 0 Å². The maximum atomic E-state index is 11.8. The molecule has 2 amide bonds. The van der Waals surface area contributed by atoms with Gasteiger partial charge in [0.05, 0.1) is 12.6 Å². The zero-order valence-electron chi connectivity index (χ0n) is 9.57. The standard InChI is InChI=1S/C10H19N3O3/c1-16-6-2-3-8(11)10(15)13-5-4-12-9(14)7-13/h8H,2-7,11H2,1H3,(H,12,14). The van der Waals surface area contributed by atoms with Crippen LogP contribution in [-0.4, -0.2) is 56.1 Å². The number of nitrogens with zero attached hydrogens (tertiary/aromatic N) is 1. The quantitative estimate of drug-likeness (QED) is 0.574. The fourth-order valence-electron chi connectivity index (χ4n) is 1.63. The van der Waals surface area contributed by atoms with Crippen LogP contribution in [0.15, 0.2) is 0 Å². The third-order valence-corrected chi connectivity index (χ3v) is 2.53. The average Bonchev–Trinajstić information content (AvgIpc) is 2.28. The SMILES string of the molecule is COCCCC(N)C(=O)N1CCNC(=O)C1. The lowest BCUT2D eigenvalue weighted by Crippen LogP contribution is -2.54. The minimum atomic E-state index is -0.527. The Bertz CT molecular complexity index is 258. The number of rotatable bonds is 5. The number of hydrogen-bond acceptors (Lipinski definition) is 4. The van der Waals surface area contributed by atoms with Crippen LogP contribution in [0.1, 0.15) is 12.8 Å².